The Bertz CT molecular complexity index is 432. The summed E-state index contributed by atoms with van der Waals surface area (Å²) in [5, 5.41) is 0. The molecule has 1 amide bonds. The van der Waals surface area contributed by atoms with E-state index in [0.717, 1.165) is 32.1 Å². The molecule has 0 radical (unpaired) electrons. The highest BCUT2D eigenvalue weighted by Crippen LogP contribution is 2.30. The van der Waals surface area contributed by atoms with Crippen molar-refractivity contribution in [2.75, 3.05) is 45.8 Å². The van der Waals surface area contributed by atoms with Crippen molar-refractivity contribution in [3.05, 3.63) is 0 Å². The fourth-order valence-electron chi connectivity index (χ4n) is 5.15. The second kappa shape index (κ2) is 7.61. The van der Waals surface area contributed by atoms with Crippen LogP contribution in [0.3, 0.4) is 0 Å². The molecule has 5 nitrogen and oxygen atoms in total. The van der Waals surface area contributed by atoms with Crippen LogP contribution >= 0.6 is 0 Å². The Hall–Kier alpha value is -0.810. The molecule has 24 heavy (non-hydrogen) atoms. The Balaban J connectivity index is 1.27. The molecule has 0 aromatic heterocycles. The first-order valence-electron chi connectivity index (χ1n) is 10.2. The zero-order chi connectivity index (χ0) is 16.4. The molecule has 0 N–H and O–H groups in total. The molecule has 4 rings (SSSR count). The number of hydrogen-bond acceptors (Lipinski definition) is 4. The molecule has 3 aliphatic heterocycles. The number of carbonyl (C=O) groups excluding carboxylic acids is 1. The van der Waals surface area contributed by atoms with Crippen LogP contribution in [0.5, 0.6) is 0 Å². The minimum Gasteiger partial charge on any atom is -0.442 e. The van der Waals surface area contributed by atoms with Crippen LogP contribution in [-0.2, 0) is 4.74 Å². The number of amides is 1. The average molecular weight is 335 g/mol. The van der Waals surface area contributed by atoms with Gasteiger partial charge in [0.25, 0.3) is 0 Å². The lowest BCUT2D eigenvalue weighted by Crippen LogP contribution is -2.44. The van der Waals surface area contributed by atoms with Crippen molar-refractivity contribution < 1.29 is 9.53 Å². The van der Waals surface area contributed by atoms with Crippen molar-refractivity contribution in [2.24, 2.45) is 5.92 Å². The molecule has 3 saturated heterocycles. The van der Waals surface area contributed by atoms with E-state index in [1.807, 2.05) is 4.90 Å². The summed E-state index contributed by atoms with van der Waals surface area (Å²) in [7, 11) is 0. The summed E-state index contributed by atoms with van der Waals surface area (Å²) in [6.45, 7) is 7.44. The van der Waals surface area contributed by atoms with Crippen LogP contribution in [-0.4, -0.2) is 78.8 Å². The molecule has 2 atom stereocenters. The van der Waals surface area contributed by atoms with Gasteiger partial charge in [0.2, 0.25) is 0 Å². The van der Waals surface area contributed by atoms with Gasteiger partial charge < -0.3 is 9.64 Å². The Morgan fingerprint density at radius 1 is 0.875 bits per heavy atom. The highest BCUT2D eigenvalue weighted by molar-refractivity contribution is 5.71. The molecule has 0 unspecified atom stereocenters. The Morgan fingerprint density at radius 3 is 2.42 bits per heavy atom. The maximum atomic E-state index is 12.2. The minimum atomic E-state index is -0.0701. The quantitative estimate of drug-likeness (QED) is 0.774. The molecule has 1 aliphatic carbocycles. The normalized spacial score (nSPS) is 33.0. The minimum absolute atomic E-state index is 0.0701. The first-order valence-corrected chi connectivity index (χ1v) is 10.2. The third kappa shape index (κ3) is 3.72. The van der Waals surface area contributed by atoms with Crippen LogP contribution < -0.4 is 0 Å². The number of carbonyl (C=O) groups is 1. The Morgan fingerprint density at radius 2 is 1.62 bits per heavy atom. The van der Waals surface area contributed by atoms with Gasteiger partial charge in [-0.05, 0) is 44.7 Å². The van der Waals surface area contributed by atoms with E-state index in [4.69, 9.17) is 4.74 Å². The highest BCUT2D eigenvalue weighted by Gasteiger charge is 2.47. The van der Waals surface area contributed by atoms with Gasteiger partial charge in [-0.1, -0.05) is 25.7 Å². The largest absolute Gasteiger partial charge is 0.442 e. The summed E-state index contributed by atoms with van der Waals surface area (Å²) in [5.41, 5.74) is 0. The van der Waals surface area contributed by atoms with Crippen molar-refractivity contribution in [1.29, 1.82) is 0 Å². The number of piperidine rings is 1. The van der Waals surface area contributed by atoms with Crippen molar-refractivity contribution >= 4 is 6.09 Å². The molecular weight excluding hydrogens is 302 g/mol. The van der Waals surface area contributed by atoms with E-state index in [2.05, 4.69) is 9.80 Å². The Kier molecular flexibility index (Phi) is 5.28. The molecule has 5 heteroatoms. The topological polar surface area (TPSA) is 36.0 Å². The van der Waals surface area contributed by atoms with E-state index in [0.29, 0.717) is 6.04 Å². The van der Waals surface area contributed by atoms with Gasteiger partial charge in [0.15, 0.2) is 0 Å². The molecule has 4 aliphatic rings. The van der Waals surface area contributed by atoms with Crippen LogP contribution in [0.2, 0.25) is 0 Å². The first kappa shape index (κ1) is 16.6. The summed E-state index contributed by atoms with van der Waals surface area (Å²) >= 11 is 0. The molecule has 0 aromatic carbocycles. The summed E-state index contributed by atoms with van der Waals surface area (Å²) in [4.78, 5) is 19.3. The van der Waals surface area contributed by atoms with Gasteiger partial charge in [0.05, 0.1) is 6.04 Å². The monoisotopic (exact) mass is 335 g/mol. The van der Waals surface area contributed by atoms with E-state index >= 15 is 0 Å². The van der Waals surface area contributed by atoms with Crippen molar-refractivity contribution in [2.45, 2.75) is 63.5 Å². The second-order valence-corrected chi connectivity index (χ2v) is 8.31. The second-order valence-electron chi connectivity index (χ2n) is 8.31. The zero-order valence-corrected chi connectivity index (χ0v) is 15.0. The molecule has 4 fully saturated rings. The first-order chi connectivity index (χ1) is 11.8. The maximum Gasteiger partial charge on any atom is 0.410 e. The molecule has 3 heterocycles. The van der Waals surface area contributed by atoms with E-state index in [9.17, 15) is 4.79 Å². The van der Waals surface area contributed by atoms with E-state index in [-0.39, 0.29) is 12.2 Å². The maximum absolute atomic E-state index is 12.2. The third-order valence-electron chi connectivity index (χ3n) is 6.55. The Labute approximate surface area is 146 Å². The van der Waals surface area contributed by atoms with E-state index < -0.39 is 0 Å². The molecule has 1 saturated carbocycles. The summed E-state index contributed by atoms with van der Waals surface area (Å²) in [6, 6.07) is 0.297. The van der Waals surface area contributed by atoms with E-state index in [1.165, 1.54) is 71.0 Å². The van der Waals surface area contributed by atoms with Gasteiger partial charge in [0, 0.05) is 32.7 Å². The van der Waals surface area contributed by atoms with Gasteiger partial charge in [-0.15, -0.1) is 0 Å². The number of likely N-dealkylation sites (tertiary alicyclic amines) is 2. The molecular formula is C19H33N3O2. The van der Waals surface area contributed by atoms with Crippen LogP contribution in [0.15, 0.2) is 0 Å². The third-order valence-corrected chi connectivity index (χ3v) is 6.55. The lowest BCUT2D eigenvalue weighted by molar-refractivity contribution is 0.113. The lowest BCUT2D eigenvalue weighted by Gasteiger charge is -2.30. The van der Waals surface area contributed by atoms with Gasteiger partial charge >= 0.3 is 6.09 Å². The average Bonchev–Trinajstić information content (AvgIpc) is 3.11. The number of fused-ring (bicyclic) bond motifs is 1. The summed E-state index contributed by atoms with van der Waals surface area (Å²) in [6.07, 6.45) is 11.0. The SMILES string of the molecule is O=C1O[C@@H]2CN(CC3CCCCC3)C[C@@H]2N1CCN1CCCCC1. The predicted octanol–water partition coefficient (Wildman–Crippen LogP) is 2.56. The van der Waals surface area contributed by atoms with Gasteiger partial charge in [-0.2, -0.15) is 0 Å². The van der Waals surface area contributed by atoms with Gasteiger partial charge in [-0.3, -0.25) is 9.80 Å². The van der Waals surface area contributed by atoms with Gasteiger partial charge in [-0.25, -0.2) is 4.79 Å². The molecule has 0 bridgehead atoms. The van der Waals surface area contributed by atoms with Crippen molar-refractivity contribution in [3.63, 3.8) is 0 Å². The lowest BCUT2D eigenvalue weighted by atomic mass is 9.89. The van der Waals surface area contributed by atoms with Crippen molar-refractivity contribution in [1.82, 2.24) is 14.7 Å². The molecule has 0 spiro atoms. The van der Waals surface area contributed by atoms with Crippen LogP contribution in [0.4, 0.5) is 4.79 Å². The van der Waals surface area contributed by atoms with E-state index in [1.54, 1.807) is 0 Å². The van der Waals surface area contributed by atoms with Crippen LogP contribution in [0.1, 0.15) is 51.4 Å². The van der Waals surface area contributed by atoms with Gasteiger partial charge in [0.1, 0.15) is 6.10 Å². The predicted molar refractivity (Wildman–Crippen MR) is 94.1 cm³/mol. The van der Waals surface area contributed by atoms with Crippen LogP contribution in [0, 0.1) is 5.92 Å². The number of ether oxygens (including phenoxy) is 1. The molecule has 0 aromatic rings. The smallest absolute Gasteiger partial charge is 0.410 e. The standard InChI is InChI=1S/C19H33N3O2/c23-19-22(12-11-20-9-5-2-6-10-20)17-14-21(15-18(17)24-19)13-16-7-3-1-4-8-16/h16-18H,1-15H2/t17-,18+/m0/s1. The number of nitrogens with zero attached hydrogens (tertiary/aromatic N) is 3. The fourth-order valence-corrected chi connectivity index (χ4v) is 5.15. The number of hydrogen-bond donors (Lipinski definition) is 0. The summed E-state index contributed by atoms with van der Waals surface area (Å²) < 4.78 is 5.68. The van der Waals surface area contributed by atoms with Crippen LogP contribution in [0.25, 0.3) is 0 Å². The molecule has 136 valence electrons. The zero-order valence-electron chi connectivity index (χ0n) is 15.0. The fraction of sp³-hybridized carbons (Fsp3) is 0.947. The summed E-state index contributed by atoms with van der Waals surface area (Å²) in [5.74, 6) is 0.870. The highest BCUT2D eigenvalue weighted by atomic mass is 16.6. The number of rotatable bonds is 5. The van der Waals surface area contributed by atoms with Crippen molar-refractivity contribution in [3.8, 4) is 0 Å².